The molecule has 1 saturated carbocycles. The van der Waals surface area contributed by atoms with Crippen LogP contribution in [0.1, 0.15) is 44.2 Å². The third kappa shape index (κ3) is 5.27. The minimum absolute atomic E-state index is 0. The van der Waals surface area contributed by atoms with Gasteiger partial charge in [0.15, 0.2) is 5.82 Å². The van der Waals surface area contributed by atoms with Crippen LogP contribution in [0.15, 0.2) is 24.5 Å². The molecule has 0 bridgehead atoms. The van der Waals surface area contributed by atoms with Crippen molar-refractivity contribution in [2.45, 2.75) is 45.6 Å². The van der Waals surface area contributed by atoms with Gasteiger partial charge in [0.25, 0.3) is 0 Å². The topological polar surface area (TPSA) is 75.0 Å². The zero-order chi connectivity index (χ0) is 24.6. The molecule has 11 heteroatoms. The second kappa shape index (κ2) is 11.3. The Balaban J connectivity index is 0.00000280. The number of hydrogen-bond donors (Lipinski definition) is 1. The SMILES string of the molecule is CCN1CCN(c2ccc(Nc3ncc(F)c(-c4sc5c(n[c-]n5C5CCCC5)c4C)n3)nc2)CC1.[Na+]. The largest absolute Gasteiger partial charge is 1.00 e. The van der Waals surface area contributed by atoms with Crippen molar-refractivity contribution in [2.24, 2.45) is 0 Å². The van der Waals surface area contributed by atoms with E-state index in [1.165, 1.54) is 30.4 Å². The first-order valence-electron chi connectivity index (χ1n) is 12.7. The Hall–Kier alpha value is -2.11. The van der Waals surface area contributed by atoms with E-state index in [-0.39, 0.29) is 35.3 Å². The Morgan fingerprint density at radius 3 is 2.59 bits per heavy atom. The number of piperazine rings is 1. The number of hydrogen-bond acceptors (Lipinski definition) is 8. The van der Waals surface area contributed by atoms with Crippen molar-refractivity contribution in [3.63, 3.8) is 0 Å². The van der Waals surface area contributed by atoms with Gasteiger partial charge in [0.1, 0.15) is 11.5 Å². The molecule has 1 saturated heterocycles. The van der Waals surface area contributed by atoms with Crippen LogP contribution < -0.4 is 39.8 Å². The van der Waals surface area contributed by atoms with Gasteiger partial charge in [0.05, 0.1) is 18.1 Å². The van der Waals surface area contributed by atoms with Crippen LogP contribution in [0.4, 0.5) is 21.8 Å². The smallest absolute Gasteiger partial charge is 0.436 e. The fourth-order valence-corrected chi connectivity index (χ4v) is 6.51. The first-order valence-corrected chi connectivity index (χ1v) is 13.5. The number of thiophene rings is 1. The van der Waals surface area contributed by atoms with Crippen LogP contribution >= 0.6 is 11.3 Å². The van der Waals surface area contributed by atoms with Gasteiger partial charge in [0, 0.05) is 43.4 Å². The van der Waals surface area contributed by atoms with E-state index in [2.05, 4.69) is 58.9 Å². The van der Waals surface area contributed by atoms with Crippen molar-refractivity contribution in [3.8, 4) is 10.6 Å². The van der Waals surface area contributed by atoms with E-state index < -0.39 is 5.82 Å². The summed E-state index contributed by atoms with van der Waals surface area (Å²) in [6.07, 6.45) is 11.0. The molecule has 4 aromatic rings. The molecule has 2 fully saturated rings. The summed E-state index contributed by atoms with van der Waals surface area (Å²) in [7, 11) is 0. The summed E-state index contributed by atoms with van der Waals surface area (Å²) in [5.74, 6) is 0.498. The minimum atomic E-state index is -0.446. The minimum Gasteiger partial charge on any atom is -0.436 e. The number of halogens is 1. The van der Waals surface area contributed by atoms with Crippen LogP contribution in [-0.2, 0) is 0 Å². The number of aromatic nitrogens is 5. The second-order valence-corrected chi connectivity index (χ2v) is 10.6. The van der Waals surface area contributed by atoms with Crippen molar-refractivity contribution >= 4 is 39.1 Å². The Morgan fingerprint density at radius 2 is 1.89 bits per heavy atom. The van der Waals surface area contributed by atoms with Gasteiger partial charge in [-0.15, -0.1) is 0 Å². The summed E-state index contributed by atoms with van der Waals surface area (Å²) in [6.45, 7) is 9.39. The molecule has 2 aliphatic rings. The van der Waals surface area contributed by atoms with Crippen LogP contribution in [0.2, 0.25) is 0 Å². The van der Waals surface area contributed by atoms with Crippen molar-refractivity contribution < 1.29 is 33.9 Å². The van der Waals surface area contributed by atoms with Crippen molar-refractivity contribution in [2.75, 3.05) is 42.9 Å². The summed E-state index contributed by atoms with van der Waals surface area (Å²) in [5.41, 5.74) is 3.20. The van der Waals surface area contributed by atoms with E-state index >= 15 is 0 Å². The maximum atomic E-state index is 14.9. The van der Waals surface area contributed by atoms with Gasteiger partial charge in [-0.1, -0.05) is 30.8 Å². The third-order valence-electron chi connectivity index (χ3n) is 7.41. The molecule has 0 spiro atoms. The Bertz CT molecular complexity index is 1360. The van der Waals surface area contributed by atoms with E-state index in [0.717, 1.165) is 72.0 Å². The molecule has 8 nitrogen and oxygen atoms in total. The molecule has 0 atom stereocenters. The van der Waals surface area contributed by atoms with Gasteiger partial charge in [0.2, 0.25) is 5.95 Å². The van der Waals surface area contributed by atoms with E-state index in [1.54, 1.807) is 0 Å². The van der Waals surface area contributed by atoms with Crippen LogP contribution in [0.25, 0.3) is 20.9 Å². The Morgan fingerprint density at radius 1 is 1.11 bits per heavy atom. The number of pyridine rings is 1. The number of likely N-dealkylation sites (N-methyl/N-ethyl adjacent to an activating group) is 1. The van der Waals surface area contributed by atoms with E-state index in [1.807, 2.05) is 19.2 Å². The monoisotopic (exact) mass is 528 g/mol. The van der Waals surface area contributed by atoms with Gasteiger partial charge < -0.3 is 24.7 Å². The normalized spacial score (nSPS) is 16.9. The summed E-state index contributed by atoms with van der Waals surface area (Å²) in [4.78, 5) is 24.4. The van der Waals surface area contributed by atoms with Gasteiger partial charge in [-0.2, -0.15) is 11.3 Å². The zero-order valence-electron chi connectivity index (χ0n) is 21.7. The quantitative estimate of drug-likeness (QED) is 0.304. The maximum absolute atomic E-state index is 14.9. The number of nitrogens with one attached hydrogen (secondary N) is 1. The van der Waals surface area contributed by atoms with Crippen LogP contribution in [0.3, 0.4) is 0 Å². The molecule has 4 aromatic heterocycles. The number of anilines is 3. The van der Waals surface area contributed by atoms with Crippen molar-refractivity contribution in [3.05, 3.63) is 42.2 Å². The van der Waals surface area contributed by atoms with Gasteiger partial charge in [-0.3, -0.25) is 0 Å². The summed E-state index contributed by atoms with van der Waals surface area (Å²) < 4.78 is 17.1. The van der Waals surface area contributed by atoms with E-state index in [4.69, 9.17) is 0 Å². The molecule has 5 heterocycles. The van der Waals surface area contributed by atoms with Crippen LogP contribution in [-0.4, -0.2) is 62.1 Å². The first kappa shape index (κ1) is 26.5. The molecule has 0 amide bonds. The summed E-state index contributed by atoms with van der Waals surface area (Å²) in [6, 6.07) is 4.41. The molecular formula is C26H30FN8NaS. The number of fused-ring (bicyclic) bond motifs is 1. The number of imidazole rings is 1. The molecule has 1 N–H and O–H groups in total. The number of nitrogens with zero attached hydrogens (tertiary/aromatic N) is 7. The standard InChI is InChI=1S/C26H30FN8S.Na/c1-3-33-10-12-34(13-11-33)19-8-9-21(28-14-19)31-26-29-15-20(27)23(32-26)24-17(2)22-25(36-24)35(16-30-22)18-6-4-5-7-18;/h8-9,14-15,18H,3-7,10-13H2,1-2H3,(H,28,29,31,32);/q-1;+1. The predicted octanol–water partition coefficient (Wildman–Crippen LogP) is 2.20. The van der Waals surface area contributed by atoms with Crippen LogP contribution in [0, 0.1) is 19.1 Å². The maximum Gasteiger partial charge on any atom is 1.00 e. The fraction of sp³-hybridized carbons (Fsp3) is 0.462. The summed E-state index contributed by atoms with van der Waals surface area (Å²) in [5, 5.41) is 3.14. The molecule has 1 aliphatic carbocycles. The molecular weight excluding hydrogens is 498 g/mol. The van der Waals surface area contributed by atoms with E-state index in [9.17, 15) is 4.39 Å². The van der Waals surface area contributed by atoms with Crippen molar-refractivity contribution in [1.29, 1.82) is 0 Å². The third-order valence-corrected chi connectivity index (χ3v) is 8.69. The van der Waals surface area contributed by atoms with Gasteiger partial charge in [-0.25, -0.2) is 19.3 Å². The molecule has 6 rings (SSSR count). The van der Waals surface area contributed by atoms with E-state index in [0.29, 0.717) is 17.8 Å². The second-order valence-electron chi connectivity index (χ2n) is 9.57. The number of rotatable bonds is 6. The van der Waals surface area contributed by atoms with Crippen molar-refractivity contribution in [1.82, 2.24) is 29.4 Å². The molecule has 1 aliphatic heterocycles. The Kier molecular flexibility index (Phi) is 8.11. The average molecular weight is 529 g/mol. The van der Waals surface area contributed by atoms with Crippen LogP contribution in [0.5, 0.6) is 0 Å². The van der Waals surface area contributed by atoms with Gasteiger partial charge in [-0.05, 0) is 43.3 Å². The Labute approximate surface area is 242 Å². The number of aryl methyl sites for hydroxylation is 1. The molecule has 188 valence electrons. The fourth-order valence-electron chi connectivity index (χ4n) is 5.24. The zero-order valence-corrected chi connectivity index (χ0v) is 24.5. The predicted molar refractivity (Wildman–Crippen MR) is 142 cm³/mol. The molecule has 37 heavy (non-hydrogen) atoms. The molecule has 0 radical (unpaired) electrons. The molecule has 0 aromatic carbocycles. The first-order chi connectivity index (χ1) is 17.6. The summed E-state index contributed by atoms with van der Waals surface area (Å²) >= 11 is 1.53. The molecule has 0 unspecified atom stereocenters. The van der Waals surface area contributed by atoms with Gasteiger partial charge >= 0.3 is 29.6 Å². The average Bonchev–Trinajstić information content (AvgIpc) is 3.65.